The van der Waals surface area contributed by atoms with E-state index in [2.05, 4.69) is 0 Å². The molecule has 2 rings (SSSR count). The Morgan fingerprint density at radius 2 is 1.05 bits per heavy atom. The summed E-state index contributed by atoms with van der Waals surface area (Å²) in [5.41, 5.74) is 1.47. The second kappa shape index (κ2) is 10.4. The van der Waals surface area contributed by atoms with Gasteiger partial charge in [0, 0.05) is 22.1 Å². The van der Waals surface area contributed by atoms with Gasteiger partial charge in [-0.05, 0) is 0 Å². The van der Waals surface area contributed by atoms with Gasteiger partial charge in [-0.15, -0.1) is 0 Å². The Bertz CT molecular complexity index is 518. The number of hydrogen-bond acceptors (Lipinski definition) is 4. The van der Waals surface area contributed by atoms with Crippen molar-refractivity contribution in [2.45, 2.75) is 0 Å². The van der Waals surface area contributed by atoms with E-state index in [4.69, 9.17) is 13.0 Å². The fourth-order valence-corrected chi connectivity index (χ4v) is 1.35. The summed E-state index contributed by atoms with van der Waals surface area (Å²) in [6.07, 6.45) is 0. The zero-order chi connectivity index (χ0) is 13.4. The molecule has 0 spiro atoms. The van der Waals surface area contributed by atoms with E-state index in [1.807, 2.05) is 60.7 Å². The normalized spacial score (nSPS) is 8.95. The van der Waals surface area contributed by atoms with Gasteiger partial charge in [0.2, 0.25) is 0 Å². The first-order chi connectivity index (χ1) is 8.61. The molecule has 0 aliphatic rings. The van der Waals surface area contributed by atoms with E-state index in [1.54, 1.807) is 0 Å². The summed E-state index contributed by atoms with van der Waals surface area (Å²) in [7, 11) is -2.86. The fourth-order valence-electron chi connectivity index (χ4n) is 1.35. The SMILES string of the molecule is O=C(c1ccccc1)c1ccccc1.O=[S-](=O)O.[K+]. The predicted octanol–water partition coefficient (Wildman–Crippen LogP) is -0.310. The third kappa shape index (κ3) is 7.73. The van der Waals surface area contributed by atoms with Crippen LogP contribution >= 0.6 is 0 Å². The smallest absolute Gasteiger partial charge is 0.439 e. The molecule has 0 saturated carbocycles. The van der Waals surface area contributed by atoms with Crippen LogP contribution in [-0.4, -0.2) is 10.3 Å². The second-order valence-corrected chi connectivity index (χ2v) is 3.71. The third-order valence-electron chi connectivity index (χ3n) is 2.07. The molecular weight excluding hydrogens is 291 g/mol. The Morgan fingerprint density at radius 1 is 0.789 bits per heavy atom. The van der Waals surface area contributed by atoms with Gasteiger partial charge in [0.1, 0.15) is 0 Å². The molecule has 0 bridgehead atoms. The molecule has 0 aliphatic carbocycles. The van der Waals surface area contributed by atoms with Gasteiger partial charge in [0.25, 0.3) is 0 Å². The van der Waals surface area contributed by atoms with Crippen LogP contribution in [0.5, 0.6) is 0 Å². The molecule has 0 amide bonds. The van der Waals surface area contributed by atoms with Crippen molar-refractivity contribution in [2.24, 2.45) is 0 Å². The molecule has 0 atom stereocenters. The maximum absolute atomic E-state index is 11.8. The first-order valence-corrected chi connectivity index (χ1v) is 6.07. The summed E-state index contributed by atoms with van der Waals surface area (Å²) in [5, 5.41) is 0. The third-order valence-corrected chi connectivity index (χ3v) is 2.07. The van der Waals surface area contributed by atoms with Gasteiger partial charge in [-0.2, -0.15) is 0 Å². The van der Waals surface area contributed by atoms with Crippen molar-refractivity contribution in [2.75, 3.05) is 0 Å². The average Bonchev–Trinajstić information content (AvgIpc) is 2.39. The Balaban J connectivity index is 0.000000576. The van der Waals surface area contributed by atoms with Crippen LogP contribution in [0.2, 0.25) is 0 Å². The van der Waals surface area contributed by atoms with E-state index in [0.29, 0.717) is 0 Å². The Morgan fingerprint density at radius 3 is 1.32 bits per heavy atom. The number of carbonyl (C=O) groups is 1. The van der Waals surface area contributed by atoms with Gasteiger partial charge < -0.3 is 13.0 Å². The summed E-state index contributed by atoms with van der Waals surface area (Å²) >= 11 is 0. The van der Waals surface area contributed by atoms with E-state index >= 15 is 0 Å². The number of carbonyl (C=O) groups excluding carboxylic acids is 1. The molecule has 2 aromatic carbocycles. The van der Waals surface area contributed by atoms with Crippen LogP contribution in [0.4, 0.5) is 0 Å². The fraction of sp³-hybridized carbons (Fsp3) is 0. The van der Waals surface area contributed by atoms with Crippen molar-refractivity contribution in [3.05, 3.63) is 71.8 Å². The molecule has 0 fully saturated rings. The molecule has 6 heteroatoms. The zero-order valence-corrected chi connectivity index (χ0v) is 14.3. The standard InChI is InChI=1S/C13H10O.K.HO3S/c14-13(11-7-3-1-4-8-11)12-9-5-2-6-10-12;;1-4(2)3/h1-10H;;(H,1,2,3)/q;+1;-1. The van der Waals surface area contributed by atoms with E-state index in [-0.39, 0.29) is 57.2 Å². The molecule has 0 unspecified atom stereocenters. The summed E-state index contributed by atoms with van der Waals surface area (Å²) in [6.45, 7) is 0. The maximum atomic E-state index is 11.8. The molecule has 0 aliphatic heterocycles. The van der Waals surface area contributed by atoms with E-state index in [1.165, 1.54) is 0 Å². The molecular formula is C13H11KO4S. The minimum Gasteiger partial charge on any atom is -0.439 e. The van der Waals surface area contributed by atoms with Gasteiger partial charge in [0.05, 0.1) is 0 Å². The summed E-state index contributed by atoms with van der Waals surface area (Å²) in [6, 6.07) is 18.6. The molecule has 0 radical (unpaired) electrons. The van der Waals surface area contributed by atoms with Crippen LogP contribution in [0, 0.1) is 0 Å². The van der Waals surface area contributed by atoms with Crippen molar-refractivity contribution < 1.29 is 69.1 Å². The van der Waals surface area contributed by atoms with E-state index in [0.717, 1.165) is 11.1 Å². The maximum Gasteiger partial charge on any atom is 1.00 e. The minimum atomic E-state index is -2.86. The summed E-state index contributed by atoms with van der Waals surface area (Å²) < 4.78 is 24.1. The molecule has 19 heavy (non-hydrogen) atoms. The zero-order valence-electron chi connectivity index (χ0n) is 10.4. The topological polar surface area (TPSA) is 71.4 Å². The first-order valence-electron chi connectivity index (χ1n) is 5.04. The number of hydrogen-bond donors (Lipinski definition) is 1. The van der Waals surface area contributed by atoms with Crippen molar-refractivity contribution in [1.82, 2.24) is 0 Å². The van der Waals surface area contributed by atoms with Gasteiger partial charge in [-0.25, -0.2) is 0 Å². The summed E-state index contributed by atoms with van der Waals surface area (Å²) in [5.74, 6) is 0.0752. The number of rotatable bonds is 2. The van der Waals surface area contributed by atoms with Crippen LogP contribution in [0.3, 0.4) is 0 Å². The number of benzene rings is 2. The van der Waals surface area contributed by atoms with Crippen molar-refractivity contribution in [3.8, 4) is 0 Å². The largest absolute Gasteiger partial charge is 1.00 e. The molecule has 4 nitrogen and oxygen atoms in total. The molecule has 0 saturated heterocycles. The van der Waals surface area contributed by atoms with Crippen molar-refractivity contribution >= 4 is 16.8 Å². The van der Waals surface area contributed by atoms with Crippen LogP contribution < -0.4 is 51.4 Å². The Labute approximate surface area is 156 Å². The van der Waals surface area contributed by atoms with Crippen LogP contribution in [0.15, 0.2) is 60.7 Å². The van der Waals surface area contributed by atoms with Gasteiger partial charge in [-0.3, -0.25) is 4.79 Å². The quantitative estimate of drug-likeness (QED) is 0.272. The van der Waals surface area contributed by atoms with Gasteiger partial charge in [0.15, 0.2) is 5.78 Å². The van der Waals surface area contributed by atoms with Gasteiger partial charge in [-0.1, -0.05) is 60.7 Å². The molecule has 0 heterocycles. The Hall–Kier alpha value is -0.344. The summed E-state index contributed by atoms with van der Waals surface area (Å²) in [4.78, 5) is 11.8. The van der Waals surface area contributed by atoms with Crippen molar-refractivity contribution in [1.29, 1.82) is 0 Å². The average molecular weight is 302 g/mol. The predicted molar refractivity (Wildman–Crippen MR) is 67.7 cm³/mol. The van der Waals surface area contributed by atoms with Crippen molar-refractivity contribution in [3.63, 3.8) is 0 Å². The number of ketones is 1. The monoisotopic (exact) mass is 302 g/mol. The molecule has 1 N–H and O–H groups in total. The molecule has 94 valence electrons. The van der Waals surface area contributed by atoms with Crippen LogP contribution in [0.1, 0.15) is 15.9 Å². The van der Waals surface area contributed by atoms with E-state index < -0.39 is 11.0 Å². The second-order valence-electron chi connectivity index (χ2n) is 3.28. The van der Waals surface area contributed by atoms with E-state index in [9.17, 15) is 4.79 Å². The Kier molecular flexibility index (Phi) is 10.3. The molecule has 2 aromatic rings. The van der Waals surface area contributed by atoms with Crippen LogP contribution in [-0.2, 0) is 19.4 Å². The van der Waals surface area contributed by atoms with Gasteiger partial charge >= 0.3 is 51.4 Å². The van der Waals surface area contributed by atoms with Crippen LogP contribution in [0.25, 0.3) is 0 Å². The minimum absolute atomic E-state index is 0. The first kappa shape index (κ1) is 18.7. The molecule has 0 aromatic heterocycles.